The Kier molecular flexibility index (Phi) is 2.25. The molecule has 1 aliphatic rings. The number of methoxy groups -OCH3 is 1. The summed E-state index contributed by atoms with van der Waals surface area (Å²) in [5, 5.41) is 2.74. The number of nitrogens with one attached hydrogen (secondary N) is 1. The molecule has 0 aromatic carbocycles. The molecule has 1 atom stereocenters. The smallest absolute Gasteiger partial charge is 0.328 e. The van der Waals surface area contributed by atoms with Crippen molar-refractivity contribution in [3.63, 3.8) is 0 Å². The van der Waals surface area contributed by atoms with Crippen molar-refractivity contribution < 1.29 is 14.3 Å². The number of carbonyl (C=O) groups excluding carboxylic acids is 2. The summed E-state index contributed by atoms with van der Waals surface area (Å²) in [6, 6.07) is -0.375. The molecule has 0 aromatic heterocycles. The Hall–Kier alpha value is -1.32. The molecule has 4 heteroatoms. The minimum Gasteiger partial charge on any atom is -0.467 e. The van der Waals surface area contributed by atoms with E-state index in [0.29, 0.717) is 12.0 Å². The Morgan fingerprint density at radius 3 is 3.09 bits per heavy atom. The van der Waals surface area contributed by atoms with E-state index in [1.54, 1.807) is 0 Å². The second-order valence-electron chi connectivity index (χ2n) is 2.28. The van der Waals surface area contributed by atoms with Crippen molar-refractivity contribution in [2.75, 3.05) is 7.11 Å². The highest BCUT2D eigenvalue weighted by molar-refractivity contribution is 5.82. The Labute approximate surface area is 64.2 Å². The molecule has 1 N–H and O–H groups in total. The topological polar surface area (TPSA) is 55.4 Å². The van der Waals surface area contributed by atoms with E-state index in [0.717, 1.165) is 6.29 Å². The lowest BCUT2D eigenvalue weighted by molar-refractivity contribution is -0.142. The molecule has 0 aromatic rings. The fraction of sp³-hybridized carbons (Fsp3) is 0.429. The van der Waals surface area contributed by atoms with Crippen LogP contribution in [0.4, 0.5) is 0 Å². The second-order valence-corrected chi connectivity index (χ2v) is 2.28. The van der Waals surface area contributed by atoms with Crippen molar-refractivity contribution in [2.24, 2.45) is 0 Å². The maximum Gasteiger partial charge on any atom is 0.328 e. The number of hydrogen-bond donors (Lipinski definition) is 1. The van der Waals surface area contributed by atoms with Gasteiger partial charge < -0.3 is 10.1 Å². The highest BCUT2D eigenvalue weighted by Crippen LogP contribution is 2.10. The average molecular weight is 155 g/mol. The van der Waals surface area contributed by atoms with Gasteiger partial charge in [-0.2, -0.15) is 0 Å². The van der Waals surface area contributed by atoms with Gasteiger partial charge in [-0.05, 0) is 0 Å². The lowest BCUT2D eigenvalue weighted by atomic mass is 10.1. The van der Waals surface area contributed by atoms with Gasteiger partial charge in [0.2, 0.25) is 0 Å². The van der Waals surface area contributed by atoms with E-state index in [2.05, 4.69) is 10.1 Å². The first-order chi connectivity index (χ1) is 5.27. The summed E-state index contributed by atoms with van der Waals surface area (Å²) in [7, 11) is 1.32. The minimum absolute atomic E-state index is 0.335. The molecule has 0 aliphatic carbocycles. The zero-order valence-electron chi connectivity index (χ0n) is 6.16. The third kappa shape index (κ3) is 1.58. The van der Waals surface area contributed by atoms with Gasteiger partial charge in [-0.1, -0.05) is 0 Å². The van der Waals surface area contributed by atoms with Crippen LogP contribution in [0.5, 0.6) is 0 Å². The Balaban J connectivity index is 2.47. The highest BCUT2D eigenvalue weighted by Gasteiger charge is 2.23. The SMILES string of the molecule is COC(=O)[C@@H]1CC(C=O)=CN1. The third-order valence-electron chi connectivity index (χ3n) is 1.55. The molecule has 1 rings (SSSR count). The van der Waals surface area contributed by atoms with Crippen molar-refractivity contribution in [1.82, 2.24) is 5.32 Å². The normalized spacial score (nSPS) is 21.9. The Morgan fingerprint density at radius 1 is 1.91 bits per heavy atom. The fourth-order valence-corrected chi connectivity index (χ4v) is 0.937. The van der Waals surface area contributed by atoms with Crippen LogP contribution in [-0.2, 0) is 14.3 Å². The van der Waals surface area contributed by atoms with Crippen LogP contribution in [0.2, 0.25) is 0 Å². The summed E-state index contributed by atoms with van der Waals surface area (Å²) in [4.78, 5) is 21.0. The third-order valence-corrected chi connectivity index (χ3v) is 1.55. The summed E-state index contributed by atoms with van der Waals surface area (Å²) < 4.78 is 4.48. The monoisotopic (exact) mass is 155 g/mol. The van der Waals surface area contributed by atoms with Gasteiger partial charge in [0.25, 0.3) is 0 Å². The molecule has 0 spiro atoms. The van der Waals surface area contributed by atoms with Crippen molar-refractivity contribution in [3.05, 3.63) is 11.8 Å². The van der Waals surface area contributed by atoms with Gasteiger partial charge in [-0.25, -0.2) is 4.79 Å². The quantitative estimate of drug-likeness (QED) is 0.435. The van der Waals surface area contributed by atoms with Crippen molar-refractivity contribution >= 4 is 12.3 Å². The summed E-state index contributed by atoms with van der Waals surface area (Å²) in [5.74, 6) is -0.335. The predicted molar refractivity (Wildman–Crippen MR) is 37.7 cm³/mol. The molecule has 0 bridgehead atoms. The van der Waals surface area contributed by atoms with Gasteiger partial charge in [0.15, 0.2) is 0 Å². The van der Waals surface area contributed by atoms with E-state index in [1.807, 2.05) is 0 Å². The number of esters is 1. The van der Waals surface area contributed by atoms with Crippen LogP contribution >= 0.6 is 0 Å². The van der Waals surface area contributed by atoms with Crippen LogP contribution in [-0.4, -0.2) is 25.4 Å². The first-order valence-corrected chi connectivity index (χ1v) is 3.26. The number of rotatable bonds is 2. The predicted octanol–water partition coefficient (Wildman–Crippen LogP) is -0.396. The average Bonchev–Trinajstić information content (AvgIpc) is 2.50. The molecule has 0 amide bonds. The zero-order chi connectivity index (χ0) is 8.27. The molecule has 0 saturated heterocycles. The highest BCUT2D eigenvalue weighted by atomic mass is 16.5. The van der Waals surface area contributed by atoms with Gasteiger partial charge >= 0.3 is 5.97 Å². The molecule has 1 heterocycles. The van der Waals surface area contributed by atoms with E-state index in [9.17, 15) is 9.59 Å². The summed E-state index contributed by atoms with van der Waals surface area (Å²) in [6.07, 6.45) is 2.70. The summed E-state index contributed by atoms with van der Waals surface area (Å²) in [6.45, 7) is 0. The van der Waals surface area contributed by atoms with Crippen LogP contribution in [0.15, 0.2) is 11.8 Å². The first kappa shape index (κ1) is 7.78. The molecule has 0 radical (unpaired) electrons. The van der Waals surface area contributed by atoms with Crippen LogP contribution < -0.4 is 5.32 Å². The van der Waals surface area contributed by atoms with E-state index in [-0.39, 0.29) is 12.0 Å². The molecule has 0 fully saturated rings. The van der Waals surface area contributed by atoms with Gasteiger partial charge in [0.05, 0.1) is 7.11 Å². The maximum atomic E-state index is 10.8. The maximum absolute atomic E-state index is 10.8. The summed E-state index contributed by atoms with van der Waals surface area (Å²) >= 11 is 0. The molecule has 4 nitrogen and oxygen atoms in total. The number of ether oxygens (including phenoxy) is 1. The molecule has 60 valence electrons. The Morgan fingerprint density at radius 2 is 2.64 bits per heavy atom. The van der Waals surface area contributed by atoms with Crippen LogP contribution in [0, 0.1) is 0 Å². The van der Waals surface area contributed by atoms with Crippen LogP contribution in [0.3, 0.4) is 0 Å². The van der Waals surface area contributed by atoms with Gasteiger partial charge in [-0.3, -0.25) is 4.79 Å². The van der Waals surface area contributed by atoms with E-state index in [1.165, 1.54) is 13.3 Å². The van der Waals surface area contributed by atoms with Crippen molar-refractivity contribution in [3.8, 4) is 0 Å². The minimum atomic E-state index is -0.375. The largest absolute Gasteiger partial charge is 0.467 e. The molecule has 0 unspecified atom stereocenters. The lowest BCUT2D eigenvalue weighted by Crippen LogP contribution is -2.30. The number of hydrogen-bond acceptors (Lipinski definition) is 4. The first-order valence-electron chi connectivity index (χ1n) is 3.26. The Bertz CT molecular complexity index is 210. The zero-order valence-corrected chi connectivity index (χ0v) is 6.16. The van der Waals surface area contributed by atoms with Gasteiger partial charge in [0.1, 0.15) is 12.3 Å². The molecule has 0 saturated carbocycles. The number of carbonyl (C=O) groups is 2. The van der Waals surface area contributed by atoms with E-state index in [4.69, 9.17) is 0 Å². The number of aldehydes is 1. The molecule has 1 aliphatic heterocycles. The van der Waals surface area contributed by atoms with Crippen molar-refractivity contribution in [2.45, 2.75) is 12.5 Å². The summed E-state index contributed by atoms with van der Waals surface area (Å²) in [5.41, 5.74) is 0.598. The van der Waals surface area contributed by atoms with Crippen LogP contribution in [0.1, 0.15) is 6.42 Å². The van der Waals surface area contributed by atoms with E-state index >= 15 is 0 Å². The van der Waals surface area contributed by atoms with Gasteiger partial charge in [-0.15, -0.1) is 0 Å². The fourth-order valence-electron chi connectivity index (χ4n) is 0.937. The molecular weight excluding hydrogens is 146 g/mol. The molecular formula is C7H9NO3. The van der Waals surface area contributed by atoms with E-state index < -0.39 is 0 Å². The molecule has 11 heavy (non-hydrogen) atoms. The van der Waals surface area contributed by atoms with Gasteiger partial charge in [0, 0.05) is 18.2 Å². The van der Waals surface area contributed by atoms with Crippen molar-refractivity contribution in [1.29, 1.82) is 0 Å². The van der Waals surface area contributed by atoms with Crippen LogP contribution in [0.25, 0.3) is 0 Å². The lowest BCUT2D eigenvalue weighted by Gasteiger charge is -2.06. The second kappa shape index (κ2) is 3.18. The standard InChI is InChI=1S/C7H9NO3/c1-11-7(10)6-2-5(4-9)3-8-6/h3-4,6,8H,2H2,1H3/t6-/m0/s1.